The monoisotopic (exact) mass is 274 g/mol. The van der Waals surface area contributed by atoms with E-state index in [9.17, 15) is 0 Å². The van der Waals surface area contributed by atoms with Crippen LogP contribution in [0.15, 0.2) is 12.4 Å². The highest BCUT2D eigenvalue weighted by atomic mass is 79.9. The van der Waals surface area contributed by atoms with E-state index in [4.69, 9.17) is 9.47 Å². The number of hydrogen-bond donors (Lipinski definition) is 0. The zero-order valence-corrected chi connectivity index (χ0v) is 10.5. The fraction of sp³-hybridized carbons (Fsp3) is 0.700. The maximum absolute atomic E-state index is 5.77. The summed E-state index contributed by atoms with van der Waals surface area (Å²) in [6.07, 6.45) is 4.89. The fourth-order valence-electron chi connectivity index (χ4n) is 1.68. The molecule has 0 amide bonds. The van der Waals surface area contributed by atoms with Crippen LogP contribution in [0.3, 0.4) is 0 Å². The van der Waals surface area contributed by atoms with Crippen LogP contribution in [-0.4, -0.2) is 33.4 Å². The lowest BCUT2D eigenvalue weighted by Gasteiger charge is -2.40. The first kappa shape index (κ1) is 11.0. The molecule has 0 N–H and O–H groups in total. The average molecular weight is 275 g/mol. The number of aromatic nitrogens is 2. The first-order valence-corrected chi connectivity index (χ1v) is 6.03. The molecule has 0 aromatic carbocycles. The van der Waals surface area contributed by atoms with Crippen molar-refractivity contribution in [1.29, 1.82) is 0 Å². The molecule has 1 fully saturated rings. The second kappa shape index (κ2) is 4.53. The van der Waals surface area contributed by atoms with Crippen molar-refractivity contribution in [2.24, 2.45) is 7.05 Å². The van der Waals surface area contributed by atoms with Gasteiger partial charge >= 0.3 is 0 Å². The highest BCUT2D eigenvalue weighted by molar-refractivity contribution is 9.09. The molecule has 0 aliphatic heterocycles. The number of ether oxygens (including phenoxy) is 2. The molecule has 3 atom stereocenters. The molecule has 1 aromatic rings. The summed E-state index contributed by atoms with van der Waals surface area (Å²) in [5.41, 5.74) is 0. The molecule has 3 unspecified atom stereocenters. The van der Waals surface area contributed by atoms with Gasteiger partial charge in [-0.1, -0.05) is 15.9 Å². The third-order valence-corrected chi connectivity index (χ3v) is 3.40. The molecule has 0 bridgehead atoms. The van der Waals surface area contributed by atoms with Gasteiger partial charge in [-0.2, -0.15) is 5.10 Å². The molecule has 0 spiro atoms. The normalized spacial score (nSPS) is 29.9. The van der Waals surface area contributed by atoms with E-state index >= 15 is 0 Å². The summed E-state index contributed by atoms with van der Waals surface area (Å²) in [7, 11) is 1.88. The molecule has 2 rings (SSSR count). The number of nitrogens with zero attached hydrogens (tertiary/aromatic N) is 2. The van der Waals surface area contributed by atoms with Gasteiger partial charge < -0.3 is 9.47 Å². The van der Waals surface area contributed by atoms with Crippen LogP contribution in [0.2, 0.25) is 0 Å². The lowest BCUT2D eigenvalue weighted by molar-refractivity contribution is -0.0723. The van der Waals surface area contributed by atoms with Crippen molar-refractivity contribution in [2.75, 3.05) is 6.61 Å². The Morgan fingerprint density at radius 1 is 1.67 bits per heavy atom. The Kier molecular flexibility index (Phi) is 3.31. The predicted molar refractivity (Wildman–Crippen MR) is 60.4 cm³/mol. The Bertz CT molecular complexity index is 329. The molecule has 0 radical (unpaired) electrons. The minimum atomic E-state index is 0.151. The zero-order valence-electron chi connectivity index (χ0n) is 8.89. The first-order valence-electron chi connectivity index (χ1n) is 5.11. The smallest absolute Gasteiger partial charge is 0.157 e. The topological polar surface area (TPSA) is 36.3 Å². The van der Waals surface area contributed by atoms with Crippen LogP contribution in [0.4, 0.5) is 0 Å². The van der Waals surface area contributed by atoms with Gasteiger partial charge in [0, 0.05) is 24.9 Å². The summed E-state index contributed by atoms with van der Waals surface area (Å²) >= 11 is 3.56. The second-order valence-corrected chi connectivity index (χ2v) is 4.85. The molecular formula is C10H15BrN2O2. The van der Waals surface area contributed by atoms with Crippen molar-refractivity contribution in [2.45, 2.75) is 30.4 Å². The Morgan fingerprint density at radius 2 is 2.47 bits per heavy atom. The first-order chi connectivity index (χ1) is 7.20. The van der Waals surface area contributed by atoms with Crippen LogP contribution in [0.1, 0.15) is 13.3 Å². The van der Waals surface area contributed by atoms with E-state index in [2.05, 4.69) is 21.0 Å². The van der Waals surface area contributed by atoms with Gasteiger partial charge in [-0.15, -0.1) is 0 Å². The van der Waals surface area contributed by atoms with E-state index in [1.165, 1.54) is 0 Å². The molecule has 1 aromatic heterocycles. The van der Waals surface area contributed by atoms with Gasteiger partial charge in [-0.05, 0) is 6.92 Å². The van der Waals surface area contributed by atoms with Crippen molar-refractivity contribution in [1.82, 2.24) is 9.78 Å². The second-order valence-electron chi connectivity index (χ2n) is 3.68. The van der Waals surface area contributed by atoms with E-state index in [1.54, 1.807) is 10.9 Å². The molecule has 15 heavy (non-hydrogen) atoms. The molecule has 0 saturated heterocycles. The Balaban J connectivity index is 1.90. The maximum Gasteiger partial charge on any atom is 0.157 e. The van der Waals surface area contributed by atoms with Crippen molar-refractivity contribution < 1.29 is 9.47 Å². The fourth-order valence-corrected chi connectivity index (χ4v) is 2.54. The van der Waals surface area contributed by atoms with Gasteiger partial charge in [-0.25, -0.2) is 0 Å². The van der Waals surface area contributed by atoms with Crippen molar-refractivity contribution >= 4 is 15.9 Å². The molecule has 1 saturated carbocycles. The van der Waals surface area contributed by atoms with E-state index in [0.29, 0.717) is 4.83 Å². The maximum atomic E-state index is 5.77. The van der Waals surface area contributed by atoms with Gasteiger partial charge in [0.1, 0.15) is 12.2 Å². The van der Waals surface area contributed by atoms with E-state index in [-0.39, 0.29) is 12.2 Å². The molecule has 84 valence electrons. The van der Waals surface area contributed by atoms with Gasteiger partial charge in [0.2, 0.25) is 0 Å². The minimum absolute atomic E-state index is 0.151. The summed E-state index contributed by atoms with van der Waals surface area (Å²) in [6, 6.07) is 0. The largest absolute Gasteiger partial charge is 0.484 e. The average Bonchev–Trinajstić information content (AvgIpc) is 2.60. The number of hydrogen-bond acceptors (Lipinski definition) is 3. The number of aryl methyl sites for hydroxylation is 1. The van der Waals surface area contributed by atoms with Gasteiger partial charge in [0.05, 0.1) is 12.4 Å². The van der Waals surface area contributed by atoms with Crippen LogP contribution in [0, 0.1) is 0 Å². The third kappa shape index (κ3) is 2.34. The van der Waals surface area contributed by atoms with Gasteiger partial charge in [0.15, 0.2) is 5.75 Å². The van der Waals surface area contributed by atoms with Crippen molar-refractivity contribution in [3.05, 3.63) is 12.4 Å². The summed E-state index contributed by atoms with van der Waals surface area (Å²) in [5.74, 6) is 0.812. The van der Waals surface area contributed by atoms with E-state index < -0.39 is 0 Å². The molecule has 4 nitrogen and oxygen atoms in total. The van der Waals surface area contributed by atoms with Crippen molar-refractivity contribution in [3.63, 3.8) is 0 Å². The van der Waals surface area contributed by atoms with Crippen molar-refractivity contribution in [3.8, 4) is 5.75 Å². The predicted octanol–water partition coefficient (Wildman–Crippen LogP) is 1.74. The summed E-state index contributed by atoms with van der Waals surface area (Å²) in [5, 5.41) is 4.06. The highest BCUT2D eigenvalue weighted by Crippen LogP contribution is 2.33. The zero-order chi connectivity index (χ0) is 10.8. The molecular weight excluding hydrogens is 260 g/mol. The molecule has 1 aliphatic carbocycles. The summed E-state index contributed by atoms with van der Waals surface area (Å²) < 4.78 is 13.1. The Labute approximate surface area is 97.7 Å². The van der Waals surface area contributed by atoms with E-state index in [0.717, 1.165) is 18.8 Å². The standard InChI is InChI=1S/C10H15BrN2O2/c1-3-14-10-8(11)4-9(10)15-7-5-12-13(2)6-7/h5-6,8-10H,3-4H2,1-2H3. The van der Waals surface area contributed by atoms with E-state index in [1.807, 2.05) is 20.2 Å². The highest BCUT2D eigenvalue weighted by Gasteiger charge is 2.42. The molecule has 5 heteroatoms. The molecule has 1 aliphatic rings. The third-order valence-electron chi connectivity index (χ3n) is 2.51. The van der Waals surface area contributed by atoms with Crippen LogP contribution < -0.4 is 4.74 Å². The number of alkyl halides is 1. The number of rotatable bonds is 4. The Morgan fingerprint density at radius 3 is 3.00 bits per heavy atom. The quantitative estimate of drug-likeness (QED) is 0.785. The summed E-state index contributed by atoms with van der Waals surface area (Å²) in [6.45, 7) is 2.72. The SMILES string of the molecule is CCOC1C(Br)CC1Oc1cnn(C)c1. The number of halogens is 1. The minimum Gasteiger partial charge on any atom is -0.484 e. The molecule has 1 heterocycles. The lowest BCUT2D eigenvalue weighted by atomic mass is 9.91. The van der Waals surface area contributed by atoms with Crippen LogP contribution in [-0.2, 0) is 11.8 Å². The van der Waals surface area contributed by atoms with Crippen LogP contribution in [0.25, 0.3) is 0 Å². The van der Waals surface area contributed by atoms with Gasteiger partial charge in [0.25, 0.3) is 0 Å². The summed E-state index contributed by atoms with van der Waals surface area (Å²) in [4.78, 5) is 0.416. The lowest BCUT2D eigenvalue weighted by Crippen LogP contribution is -2.52. The van der Waals surface area contributed by atoms with Crippen LogP contribution in [0.5, 0.6) is 5.75 Å². The Hall–Kier alpha value is -0.550. The van der Waals surface area contributed by atoms with Crippen LogP contribution >= 0.6 is 15.9 Å². The van der Waals surface area contributed by atoms with Gasteiger partial charge in [-0.3, -0.25) is 4.68 Å².